The number of aromatic carboxylic acids is 1. The minimum absolute atomic E-state index is 0.288. The maximum Gasteiger partial charge on any atom is 0.419 e. The Bertz CT molecular complexity index is 894. The molecule has 2 aromatic carbocycles. The van der Waals surface area contributed by atoms with Gasteiger partial charge in [0, 0.05) is 5.69 Å². The van der Waals surface area contributed by atoms with Crippen LogP contribution >= 0.6 is 0 Å². The molecular weight excluding hydrogens is 354 g/mol. The molecule has 0 aromatic heterocycles. The highest BCUT2D eigenvalue weighted by atomic mass is 32.2. The molecule has 0 aliphatic carbocycles. The molecule has 0 heterocycles. The van der Waals surface area contributed by atoms with Gasteiger partial charge in [-0.2, -0.15) is 13.2 Å². The average molecular weight is 363 g/mol. The lowest BCUT2D eigenvalue weighted by Gasteiger charge is -2.13. The Kier molecular flexibility index (Phi) is 4.52. The Morgan fingerprint density at radius 3 is 2.29 bits per heavy atom. The molecule has 0 spiro atoms. The fourth-order valence-corrected chi connectivity index (χ4v) is 3.14. The Labute approximate surface area is 133 Å². The number of rotatable bonds is 4. The molecule has 2 N–H and O–H groups in total. The quantitative estimate of drug-likeness (QED) is 0.816. The minimum Gasteiger partial charge on any atom is -0.478 e. The highest BCUT2D eigenvalue weighted by Gasteiger charge is 2.34. The van der Waals surface area contributed by atoms with Crippen LogP contribution in [0.1, 0.15) is 15.9 Å². The van der Waals surface area contributed by atoms with Gasteiger partial charge in [0.25, 0.3) is 10.0 Å². The second kappa shape index (κ2) is 6.11. The molecule has 10 heteroatoms. The van der Waals surface area contributed by atoms with E-state index in [1.54, 1.807) is 0 Å². The molecule has 0 amide bonds. The number of benzene rings is 2. The number of halogens is 4. The average Bonchev–Trinajstić information content (AvgIpc) is 2.48. The van der Waals surface area contributed by atoms with Crippen LogP contribution in [-0.2, 0) is 16.2 Å². The molecule has 0 fully saturated rings. The van der Waals surface area contributed by atoms with Gasteiger partial charge in [-0.25, -0.2) is 17.6 Å². The highest BCUT2D eigenvalue weighted by molar-refractivity contribution is 7.92. The van der Waals surface area contributed by atoms with Crippen LogP contribution in [0.4, 0.5) is 23.2 Å². The Morgan fingerprint density at radius 2 is 1.71 bits per heavy atom. The van der Waals surface area contributed by atoms with Gasteiger partial charge in [-0.1, -0.05) is 12.1 Å². The molecule has 0 saturated heterocycles. The zero-order valence-electron chi connectivity index (χ0n) is 11.6. The van der Waals surface area contributed by atoms with Gasteiger partial charge in [0.05, 0.1) is 11.1 Å². The molecule has 2 aromatic rings. The van der Waals surface area contributed by atoms with Gasteiger partial charge in [-0.15, -0.1) is 0 Å². The monoisotopic (exact) mass is 363 g/mol. The second-order valence-corrected chi connectivity index (χ2v) is 6.25. The lowest BCUT2D eigenvalue weighted by atomic mass is 10.2. The first kappa shape index (κ1) is 17.7. The molecule has 0 aliphatic rings. The van der Waals surface area contributed by atoms with E-state index in [0.29, 0.717) is 6.07 Å². The molecule has 0 radical (unpaired) electrons. The number of alkyl halides is 3. The summed E-state index contributed by atoms with van der Waals surface area (Å²) in [5.41, 5.74) is -2.75. The summed E-state index contributed by atoms with van der Waals surface area (Å²) < 4.78 is 77.5. The molecule has 0 atom stereocenters. The molecule has 24 heavy (non-hydrogen) atoms. The molecule has 128 valence electrons. The number of anilines is 1. The third kappa shape index (κ3) is 3.65. The molecular formula is C14H9F4NO4S. The van der Waals surface area contributed by atoms with Gasteiger partial charge in [-0.3, -0.25) is 4.72 Å². The van der Waals surface area contributed by atoms with Crippen molar-refractivity contribution in [1.82, 2.24) is 0 Å². The van der Waals surface area contributed by atoms with E-state index < -0.39 is 49.7 Å². The number of carboxylic acids is 1. The fraction of sp³-hybridized carbons (Fsp3) is 0.0714. The molecule has 0 saturated carbocycles. The molecule has 5 nitrogen and oxygen atoms in total. The third-order valence-electron chi connectivity index (χ3n) is 2.93. The lowest BCUT2D eigenvalue weighted by Crippen LogP contribution is -2.17. The topological polar surface area (TPSA) is 83.5 Å². The van der Waals surface area contributed by atoms with Crippen LogP contribution < -0.4 is 4.72 Å². The molecule has 2 rings (SSSR count). The summed E-state index contributed by atoms with van der Waals surface area (Å²) in [7, 11) is -4.48. The van der Waals surface area contributed by atoms with Crippen molar-refractivity contribution in [3.63, 3.8) is 0 Å². The third-order valence-corrected chi connectivity index (χ3v) is 4.37. The SMILES string of the molecule is O=C(O)c1ccccc1S(=O)(=O)Nc1ccc(F)c(C(F)(F)F)c1. The van der Waals surface area contributed by atoms with Crippen LogP contribution in [0.3, 0.4) is 0 Å². The Balaban J connectivity index is 2.46. The van der Waals surface area contributed by atoms with Gasteiger partial charge in [0.2, 0.25) is 0 Å². The standard InChI is InChI=1S/C14H9F4NO4S/c15-11-6-5-8(7-10(11)14(16,17)18)19-24(22,23)12-4-2-1-3-9(12)13(20)21/h1-7,19H,(H,20,21). The lowest BCUT2D eigenvalue weighted by molar-refractivity contribution is -0.139. The number of carbonyl (C=O) groups is 1. The van der Waals surface area contributed by atoms with Crippen LogP contribution in [0.15, 0.2) is 47.4 Å². The van der Waals surface area contributed by atoms with Crippen LogP contribution in [-0.4, -0.2) is 19.5 Å². The zero-order valence-corrected chi connectivity index (χ0v) is 12.5. The number of carboxylic acid groups (broad SMARTS) is 1. The number of sulfonamides is 1. The van der Waals surface area contributed by atoms with Crippen molar-refractivity contribution < 1.29 is 35.9 Å². The van der Waals surface area contributed by atoms with Crippen LogP contribution in [0, 0.1) is 5.82 Å². The summed E-state index contributed by atoms with van der Waals surface area (Å²) in [4.78, 5) is 10.4. The van der Waals surface area contributed by atoms with Crippen molar-refractivity contribution in [2.24, 2.45) is 0 Å². The van der Waals surface area contributed by atoms with Crippen molar-refractivity contribution in [2.45, 2.75) is 11.1 Å². The first-order chi connectivity index (χ1) is 11.0. The minimum atomic E-state index is -5.01. The summed E-state index contributed by atoms with van der Waals surface area (Å²) in [6.07, 6.45) is -5.01. The van der Waals surface area contributed by atoms with E-state index >= 15 is 0 Å². The smallest absolute Gasteiger partial charge is 0.419 e. The van der Waals surface area contributed by atoms with E-state index in [0.717, 1.165) is 18.2 Å². The van der Waals surface area contributed by atoms with Gasteiger partial charge >= 0.3 is 12.1 Å². The van der Waals surface area contributed by atoms with Crippen LogP contribution in [0.5, 0.6) is 0 Å². The van der Waals surface area contributed by atoms with Crippen molar-refractivity contribution >= 4 is 21.7 Å². The predicted molar refractivity (Wildman–Crippen MR) is 75.6 cm³/mol. The largest absolute Gasteiger partial charge is 0.478 e. The van der Waals surface area contributed by atoms with Crippen molar-refractivity contribution in [1.29, 1.82) is 0 Å². The van der Waals surface area contributed by atoms with Gasteiger partial charge < -0.3 is 5.11 Å². The van der Waals surface area contributed by atoms with E-state index in [9.17, 15) is 30.8 Å². The second-order valence-electron chi connectivity index (χ2n) is 4.60. The summed E-state index contributed by atoms with van der Waals surface area (Å²) in [6, 6.07) is 6.11. The van der Waals surface area contributed by atoms with E-state index in [4.69, 9.17) is 5.11 Å². The van der Waals surface area contributed by atoms with Gasteiger partial charge in [0.1, 0.15) is 10.7 Å². The van der Waals surface area contributed by atoms with E-state index in [-0.39, 0.29) is 6.07 Å². The maximum absolute atomic E-state index is 13.2. The Morgan fingerprint density at radius 1 is 1.08 bits per heavy atom. The van der Waals surface area contributed by atoms with E-state index in [1.165, 1.54) is 12.1 Å². The maximum atomic E-state index is 13.2. The van der Waals surface area contributed by atoms with E-state index in [2.05, 4.69) is 0 Å². The molecule has 0 bridgehead atoms. The van der Waals surface area contributed by atoms with Crippen LogP contribution in [0.2, 0.25) is 0 Å². The fourth-order valence-electron chi connectivity index (χ4n) is 1.89. The molecule has 0 unspecified atom stereocenters. The number of hydrogen-bond acceptors (Lipinski definition) is 3. The Hall–Kier alpha value is -2.62. The number of nitrogens with one attached hydrogen (secondary N) is 1. The van der Waals surface area contributed by atoms with Crippen molar-refractivity contribution in [3.8, 4) is 0 Å². The summed E-state index contributed by atoms with van der Waals surface area (Å²) >= 11 is 0. The normalized spacial score (nSPS) is 12.0. The van der Waals surface area contributed by atoms with Crippen molar-refractivity contribution in [3.05, 3.63) is 59.4 Å². The van der Waals surface area contributed by atoms with Crippen molar-refractivity contribution in [2.75, 3.05) is 4.72 Å². The van der Waals surface area contributed by atoms with Crippen LogP contribution in [0.25, 0.3) is 0 Å². The predicted octanol–water partition coefficient (Wildman–Crippen LogP) is 3.34. The van der Waals surface area contributed by atoms with Gasteiger partial charge in [-0.05, 0) is 30.3 Å². The summed E-state index contributed by atoms with van der Waals surface area (Å²) in [5.74, 6) is -3.08. The number of hydrogen-bond donors (Lipinski definition) is 2. The summed E-state index contributed by atoms with van der Waals surface area (Å²) in [6.45, 7) is 0. The zero-order chi connectivity index (χ0) is 18.1. The molecule has 0 aliphatic heterocycles. The first-order valence-corrected chi connectivity index (χ1v) is 7.72. The highest BCUT2D eigenvalue weighted by Crippen LogP contribution is 2.33. The first-order valence-electron chi connectivity index (χ1n) is 6.24. The van der Waals surface area contributed by atoms with E-state index in [1.807, 2.05) is 4.72 Å². The van der Waals surface area contributed by atoms with Gasteiger partial charge in [0.15, 0.2) is 0 Å². The summed E-state index contributed by atoms with van der Waals surface area (Å²) in [5, 5.41) is 8.99.